The van der Waals surface area contributed by atoms with Crippen LogP contribution in [0.2, 0.25) is 0 Å². The predicted molar refractivity (Wildman–Crippen MR) is 64.8 cm³/mol. The molecule has 3 heterocycles. The van der Waals surface area contributed by atoms with Crippen LogP contribution in [0.3, 0.4) is 0 Å². The minimum absolute atomic E-state index is 0.111. The fraction of sp³-hybridized carbons (Fsp3) is 0.357. The molecule has 0 bridgehead atoms. The zero-order chi connectivity index (χ0) is 12.5. The van der Waals surface area contributed by atoms with Gasteiger partial charge in [-0.1, -0.05) is 0 Å². The van der Waals surface area contributed by atoms with Crippen molar-refractivity contribution < 1.29 is 13.9 Å². The van der Waals surface area contributed by atoms with Crippen LogP contribution in [0.25, 0.3) is 11.0 Å². The van der Waals surface area contributed by atoms with Crippen LogP contribution < -0.4 is 10.4 Å². The van der Waals surface area contributed by atoms with Gasteiger partial charge in [0.2, 0.25) is 0 Å². The van der Waals surface area contributed by atoms with Crippen molar-refractivity contribution in [3.63, 3.8) is 0 Å². The fourth-order valence-electron chi connectivity index (χ4n) is 2.64. The maximum Gasteiger partial charge on any atom is 0.336 e. The number of hydrogen-bond acceptors (Lipinski definition) is 4. The largest absolute Gasteiger partial charge is 0.484 e. The third kappa shape index (κ3) is 1.26. The SMILES string of the molecule is CC1(C)Oc2cc3oc(=O)ccc3cc2[C@@H]2O[C@H]21. The van der Waals surface area contributed by atoms with E-state index in [-0.39, 0.29) is 23.4 Å². The van der Waals surface area contributed by atoms with Crippen LogP contribution in [-0.2, 0) is 4.74 Å². The molecule has 4 rings (SSSR count). The molecule has 0 spiro atoms. The summed E-state index contributed by atoms with van der Waals surface area (Å²) in [6.07, 6.45) is 0.234. The quantitative estimate of drug-likeness (QED) is 0.527. The lowest BCUT2D eigenvalue weighted by molar-refractivity contribution is 0.0726. The molecular formula is C14H12O4. The van der Waals surface area contributed by atoms with Gasteiger partial charge in [-0.25, -0.2) is 4.79 Å². The molecule has 2 aliphatic rings. The van der Waals surface area contributed by atoms with Crippen LogP contribution in [0.5, 0.6) is 5.75 Å². The maximum atomic E-state index is 11.2. The molecular weight excluding hydrogens is 232 g/mol. The van der Waals surface area contributed by atoms with Crippen molar-refractivity contribution >= 4 is 11.0 Å². The Morgan fingerprint density at radius 1 is 1.22 bits per heavy atom. The van der Waals surface area contributed by atoms with Crippen molar-refractivity contribution in [1.29, 1.82) is 0 Å². The highest BCUT2D eigenvalue weighted by atomic mass is 16.6. The standard InChI is InChI=1S/C14H12O4/c1-14(2)13-12(17-13)8-5-7-3-4-11(15)16-9(7)6-10(8)18-14/h3-6,12-13H,1-2H3/t12-,13+/m0/s1. The molecule has 0 amide bonds. The molecule has 1 fully saturated rings. The summed E-state index contributed by atoms with van der Waals surface area (Å²) in [6, 6.07) is 6.95. The Bertz CT molecular complexity index is 713. The van der Waals surface area contributed by atoms with E-state index in [1.807, 2.05) is 19.9 Å². The van der Waals surface area contributed by atoms with Crippen molar-refractivity contribution in [3.8, 4) is 5.75 Å². The van der Waals surface area contributed by atoms with E-state index >= 15 is 0 Å². The zero-order valence-electron chi connectivity index (χ0n) is 10.1. The van der Waals surface area contributed by atoms with E-state index in [4.69, 9.17) is 13.9 Å². The van der Waals surface area contributed by atoms with Crippen molar-refractivity contribution in [2.24, 2.45) is 0 Å². The molecule has 2 aromatic rings. The lowest BCUT2D eigenvalue weighted by atomic mass is 9.93. The van der Waals surface area contributed by atoms with Crippen LogP contribution >= 0.6 is 0 Å². The Morgan fingerprint density at radius 2 is 2.06 bits per heavy atom. The molecule has 1 aromatic heterocycles. The second-order valence-electron chi connectivity index (χ2n) is 5.37. The zero-order valence-corrected chi connectivity index (χ0v) is 10.1. The van der Waals surface area contributed by atoms with Gasteiger partial charge >= 0.3 is 5.63 Å². The first-order valence-electron chi connectivity index (χ1n) is 5.97. The minimum Gasteiger partial charge on any atom is -0.484 e. The molecule has 4 nitrogen and oxygen atoms in total. The third-order valence-electron chi connectivity index (χ3n) is 3.61. The van der Waals surface area contributed by atoms with Crippen LogP contribution in [-0.4, -0.2) is 11.7 Å². The Labute approximate surface area is 103 Å². The van der Waals surface area contributed by atoms with Gasteiger partial charge in [-0.15, -0.1) is 0 Å². The number of ether oxygens (including phenoxy) is 2. The Balaban J connectivity index is 1.97. The molecule has 1 aromatic carbocycles. The average Bonchev–Trinajstić information content (AvgIpc) is 3.07. The molecule has 0 unspecified atom stereocenters. The first kappa shape index (κ1) is 10.1. The van der Waals surface area contributed by atoms with Gasteiger partial charge in [0.05, 0.1) is 0 Å². The smallest absolute Gasteiger partial charge is 0.336 e. The second kappa shape index (κ2) is 2.95. The highest BCUT2D eigenvalue weighted by Gasteiger charge is 2.56. The number of epoxide rings is 1. The molecule has 92 valence electrons. The minimum atomic E-state index is -0.349. The molecule has 2 aliphatic heterocycles. The van der Waals surface area contributed by atoms with Gasteiger partial charge < -0.3 is 13.9 Å². The first-order valence-corrected chi connectivity index (χ1v) is 5.97. The van der Waals surface area contributed by atoms with E-state index in [1.165, 1.54) is 6.07 Å². The summed E-state index contributed by atoms with van der Waals surface area (Å²) in [6.45, 7) is 4.01. The number of rotatable bonds is 0. The summed E-state index contributed by atoms with van der Waals surface area (Å²) in [4.78, 5) is 11.2. The molecule has 4 heteroatoms. The lowest BCUT2D eigenvalue weighted by Gasteiger charge is -2.29. The van der Waals surface area contributed by atoms with E-state index in [0.29, 0.717) is 5.58 Å². The second-order valence-corrected chi connectivity index (χ2v) is 5.37. The fourth-order valence-corrected chi connectivity index (χ4v) is 2.64. The topological polar surface area (TPSA) is 52.0 Å². The van der Waals surface area contributed by atoms with E-state index < -0.39 is 0 Å². The van der Waals surface area contributed by atoms with E-state index in [0.717, 1.165) is 16.7 Å². The van der Waals surface area contributed by atoms with Gasteiger partial charge in [-0.2, -0.15) is 0 Å². The molecule has 1 saturated heterocycles. The Morgan fingerprint density at radius 3 is 2.89 bits per heavy atom. The highest BCUT2D eigenvalue weighted by molar-refractivity contribution is 5.80. The Hall–Kier alpha value is -1.81. The molecule has 18 heavy (non-hydrogen) atoms. The number of hydrogen-bond donors (Lipinski definition) is 0. The van der Waals surface area contributed by atoms with Gasteiger partial charge in [0.1, 0.15) is 29.1 Å². The van der Waals surface area contributed by atoms with Gasteiger partial charge in [0.25, 0.3) is 0 Å². The molecule has 0 radical (unpaired) electrons. The number of benzene rings is 1. The molecule has 0 N–H and O–H groups in total. The summed E-state index contributed by atoms with van der Waals surface area (Å²) in [5.74, 6) is 0.751. The summed E-state index contributed by atoms with van der Waals surface area (Å²) < 4.78 is 16.8. The predicted octanol–water partition coefficient (Wildman–Crippen LogP) is 2.40. The van der Waals surface area contributed by atoms with E-state index in [2.05, 4.69) is 0 Å². The number of fused-ring (bicyclic) bond motifs is 4. The van der Waals surface area contributed by atoms with E-state index in [9.17, 15) is 4.79 Å². The summed E-state index contributed by atoms with van der Waals surface area (Å²) in [7, 11) is 0. The van der Waals surface area contributed by atoms with Gasteiger partial charge in [-0.05, 0) is 26.0 Å². The normalized spacial score (nSPS) is 27.2. The van der Waals surface area contributed by atoms with Crippen molar-refractivity contribution in [2.75, 3.05) is 0 Å². The average molecular weight is 244 g/mol. The monoisotopic (exact) mass is 244 g/mol. The van der Waals surface area contributed by atoms with Gasteiger partial charge in [0.15, 0.2) is 0 Å². The highest BCUT2D eigenvalue weighted by Crippen LogP contribution is 2.54. The van der Waals surface area contributed by atoms with Crippen LogP contribution in [0.4, 0.5) is 0 Å². The summed E-state index contributed by atoms with van der Waals surface area (Å²) >= 11 is 0. The molecule has 2 atom stereocenters. The van der Waals surface area contributed by atoms with Gasteiger partial charge in [0, 0.05) is 23.1 Å². The van der Waals surface area contributed by atoms with Crippen LogP contribution in [0.15, 0.2) is 33.5 Å². The van der Waals surface area contributed by atoms with Crippen molar-refractivity contribution in [3.05, 3.63) is 40.2 Å². The summed E-state index contributed by atoms with van der Waals surface area (Å²) in [5.41, 5.74) is 0.912. The van der Waals surface area contributed by atoms with Crippen molar-refractivity contribution in [2.45, 2.75) is 31.7 Å². The third-order valence-corrected chi connectivity index (χ3v) is 3.61. The van der Waals surface area contributed by atoms with Crippen LogP contribution in [0.1, 0.15) is 25.5 Å². The Kier molecular flexibility index (Phi) is 1.66. The van der Waals surface area contributed by atoms with Gasteiger partial charge in [-0.3, -0.25) is 0 Å². The van der Waals surface area contributed by atoms with Crippen LogP contribution in [0, 0.1) is 0 Å². The first-order chi connectivity index (χ1) is 8.54. The molecule has 0 saturated carbocycles. The summed E-state index contributed by atoms with van der Waals surface area (Å²) in [5, 5.41) is 0.894. The maximum absolute atomic E-state index is 11.2. The molecule has 0 aliphatic carbocycles. The van der Waals surface area contributed by atoms with Crippen molar-refractivity contribution in [1.82, 2.24) is 0 Å². The lowest BCUT2D eigenvalue weighted by Crippen LogP contribution is -2.37. The van der Waals surface area contributed by atoms with E-state index in [1.54, 1.807) is 12.1 Å².